The van der Waals surface area contributed by atoms with Crippen LogP contribution in [0.25, 0.3) is 11.1 Å². The number of hydrogen-bond donors (Lipinski definition) is 1. The average molecular weight is 257 g/mol. The van der Waals surface area contributed by atoms with Crippen LogP contribution in [0.5, 0.6) is 0 Å². The number of oxazole rings is 1. The van der Waals surface area contributed by atoms with Crippen molar-refractivity contribution < 1.29 is 4.42 Å². The molecule has 96 valence electrons. The maximum atomic E-state index is 11.7. The molecule has 0 unspecified atom stereocenters. The largest absolute Gasteiger partial charge is 0.419 e. The van der Waals surface area contributed by atoms with E-state index in [0.717, 1.165) is 11.2 Å². The quantitative estimate of drug-likeness (QED) is 0.756. The van der Waals surface area contributed by atoms with Gasteiger partial charge >= 0.3 is 5.76 Å². The Hall–Kier alpha value is -2.63. The second kappa shape index (κ2) is 4.56. The first kappa shape index (κ1) is 11.5. The van der Waals surface area contributed by atoms with Gasteiger partial charge < -0.3 is 4.42 Å². The van der Waals surface area contributed by atoms with Crippen LogP contribution >= 0.6 is 0 Å². The maximum Gasteiger partial charge on any atom is 0.419 e. The normalized spacial score (nSPS) is 10.9. The Kier molecular flexibility index (Phi) is 2.75. The monoisotopic (exact) mass is 257 g/mol. The van der Waals surface area contributed by atoms with Gasteiger partial charge in [0.2, 0.25) is 0 Å². The van der Waals surface area contributed by atoms with Crippen molar-refractivity contribution in [1.82, 2.24) is 14.8 Å². The van der Waals surface area contributed by atoms with Crippen molar-refractivity contribution in [2.75, 3.05) is 0 Å². The number of para-hydroxylation sites is 2. The molecule has 0 aliphatic rings. The van der Waals surface area contributed by atoms with E-state index in [1.165, 1.54) is 6.07 Å². The minimum atomic E-state index is -0.384. The number of nitrogens with zero attached hydrogens (tertiary/aromatic N) is 2. The van der Waals surface area contributed by atoms with Gasteiger partial charge in [-0.15, -0.1) is 0 Å². The fourth-order valence-corrected chi connectivity index (χ4v) is 1.96. The van der Waals surface area contributed by atoms with Crippen molar-refractivity contribution in [1.29, 1.82) is 0 Å². The third-order valence-corrected chi connectivity index (χ3v) is 2.90. The third kappa shape index (κ3) is 2.20. The van der Waals surface area contributed by atoms with Crippen LogP contribution in [0, 0.1) is 0 Å². The summed E-state index contributed by atoms with van der Waals surface area (Å²) in [4.78, 5) is 22.6. The van der Waals surface area contributed by atoms with Gasteiger partial charge in [-0.2, -0.15) is 5.10 Å². The van der Waals surface area contributed by atoms with Crippen LogP contribution in [-0.2, 0) is 13.0 Å². The zero-order chi connectivity index (χ0) is 13.2. The Morgan fingerprint density at radius 1 is 1.16 bits per heavy atom. The summed E-state index contributed by atoms with van der Waals surface area (Å²) in [7, 11) is 0. The number of rotatable bonds is 3. The van der Waals surface area contributed by atoms with E-state index in [1.54, 1.807) is 16.7 Å². The molecule has 6 nitrogen and oxygen atoms in total. The second-order valence-corrected chi connectivity index (χ2v) is 4.15. The first-order chi connectivity index (χ1) is 9.24. The first-order valence-corrected chi connectivity index (χ1v) is 5.87. The number of aromatic nitrogens is 3. The van der Waals surface area contributed by atoms with Crippen LogP contribution in [0.3, 0.4) is 0 Å². The second-order valence-electron chi connectivity index (χ2n) is 4.15. The Balaban J connectivity index is 1.89. The van der Waals surface area contributed by atoms with Gasteiger partial charge in [-0.3, -0.25) is 9.36 Å². The lowest BCUT2D eigenvalue weighted by Crippen LogP contribution is -2.16. The summed E-state index contributed by atoms with van der Waals surface area (Å²) in [5, 5.41) is 6.27. The summed E-state index contributed by atoms with van der Waals surface area (Å²) in [5.41, 5.74) is 1.81. The Morgan fingerprint density at radius 2 is 2.00 bits per heavy atom. The van der Waals surface area contributed by atoms with Crippen LogP contribution < -0.4 is 11.3 Å². The van der Waals surface area contributed by atoms with Crippen molar-refractivity contribution in [3.05, 3.63) is 63.0 Å². The zero-order valence-electron chi connectivity index (χ0n) is 10.00. The molecule has 19 heavy (non-hydrogen) atoms. The van der Waals surface area contributed by atoms with Crippen LogP contribution in [0.15, 0.2) is 50.4 Å². The lowest BCUT2D eigenvalue weighted by molar-refractivity contribution is 0.503. The molecule has 0 saturated heterocycles. The van der Waals surface area contributed by atoms with Gasteiger partial charge in [0.25, 0.3) is 5.56 Å². The average Bonchev–Trinajstić information content (AvgIpc) is 2.74. The summed E-state index contributed by atoms with van der Waals surface area (Å²) in [5.74, 6) is -0.384. The van der Waals surface area contributed by atoms with Crippen LogP contribution in [0.4, 0.5) is 0 Å². The Morgan fingerprint density at radius 3 is 2.79 bits per heavy atom. The standard InChI is InChI=1S/C13H11N3O3/c17-12-6-5-9(14-15-12)7-8-16-10-3-1-2-4-11(10)19-13(16)18/h1-6H,7-8H2,(H,15,17). The molecule has 0 bridgehead atoms. The highest BCUT2D eigenvalue weighted by molar-refractivity contribution is 5.72. The number of fused-ring (bicyclic) bond motifs is 1. The summed E-state index contributed by atoms with van der Waals surface area (Å²) in [6.45, 7) is 0.453. The van der Waals surface area contributed by atoms with Gasteiger partial charge in [-0.05, 0) is 18.2 Å². The molecule has 0 spiro atoms. The molecule has 3 rings (SSSR count). The van der Waals surface area contributed by atoms with Gasteiger partial charge in [0.05, 0.1) is 11.2 Å². The van der Waals surface area contributed by atoms with E-state index in [4.69, 9.17) is 4.42 Å². The van der Waals surface area contributed by atoms with Crippen molar-refractivity contribution in [2.45, 2.75) is 13.0 Å². The molecule has 0 fully saturated rings. The van der Waals surface area contributed by atoms with E-state index in [1.807, 2.05) is 18.2 Å². The van der Waals surface area contributed by atoms with Crippen LogP contribution in [-0.4, -0.2) is 14.8 Å². The number of aromatic amines is 1. The summed E-state index contributed by atoms with van der Waals surface area (Å²) < 4.78 is 6.69. The summed E-state index contributed by atoms with van der Waals surface area (Å²) in [6.07, 6.45) is 0.542. The molecule has 6 heteroatoms. The van der Waals surface area contributed by atoms with E-state index in [9.17, 15) is 9.59 Å². The minimum absolute atomic E-state index is 0.241. The van der Waals surface area contributed by atoms with Crippen LogP contribution in [0.1, 0.15) is 5.69 Å². The fraction of sp³-hybridized carbons (Fsp3) is 0.154. The van der Waals surface area contributed by atoms with E-state index >= 15 is 0 Å². The molecule has 1 N–H and O–H groups in total. The minimum Gasteiger partial charge on any atom is -0.408 e. The highest BCUT2D eigenvalue weighted by Gasteiger charge is 2.08. The fourth-order valence-electron chi connectivity index (χ4n) is 1.96. The molecular weight excluding hydrogens is 246 g/mol. The summed E-state index contributed by atoms with van der Waals surface area (Å²) >= 11 is 0. The van der Waals surface area contributed by atoms with Gasteiger partial charge in [-0.25, -0.2) is 9.89 Å². The molecular formula is C13H11N3O3. The molecule has 3 aromatic rings. The lowest BCUT2D eigenvalue weighted by atomic mass is 10.3. The number of H-pyrrole nitrogens is 1. The van der Waals surface area contributed by atoms with E-state index < -0.39 is 0 Å². The summed E-state index contributed by atoms with van der Waals surface area (Å²) in [6, 6.07) is 10.3. The SMILES string of the molecule is O=c1ccc(CCn2c(=O)oc3ccccc32)n[nH]1. The van der Waals surface area contributed by atoms with Gasteiger partial charge in [0, 0.05) is 19.0 Å². The number of benzene rings is 1. The molecule has 0 saturated carbocycles. The van der Waals surface area contributed by atoms with Crippen molar-refractivity contribution in [3.8, 4) is 0 Å². The Bertz CT molecular complexity index is 808. The molecule has 0 aliphatic carbocycles. The molecule has 2 heterocycles. The molecule has 0 atom stereocenters. The zero-order valence-corrected chi connectivity index (χ0v) is 10.00. The highest BCUT2D eigenvalue weighted by atomic mass is 16.4. The lowest BCUT2D eigenvalue weighted by Gasteiger charge is -2.01. The predicted molar refractivity (Wildman–Crippen MR) is 69.0 cm³/mol. The number of hydrogen-bond acceptors (Lipinski definition) is 4. The molecule has 0 amide bonds. The van der Waals surface area contributed by atoms with E-state index in [-0.39, 0.29) is 11.3 Å². The van der Waals surface area contributed by atoms with E-state index in [0.29, 0.717) is 18.5 Å². The van der Waals surface area contributed by atoms with Gasteiger partial charge in [0.15, 0.2) is 5.58 Å². The molecule has 1 aromatic carbocycles. The first-order valence-electron chi connectivity index (χ1n) is 5.87. The maximum absolute atomic E-state index is 11.7. The van der Waals surface area contributed by atoms with Crippen LogP contribution in [0.2, 0.25) is 0 Å². The van der Waals surface area contributed by atoms with Gasteiger partial charge in [0.1, 0.15) is 0 Å². The van der Waals surface area contributed by atoms with Crippen molar-refractivity contribution >= 4 is 11.1 Å². The molecule has 2 aromatic heterocycles. The number of aryl methyl sites for hydroxylation is 2. The van der Waals surface area contributed by atoms with E-state index in [2.05, 4.69) is 10.2 Å². The number of nitrogens with one attached hydrogen (secondary N) is 1. The van der Waals surface area contributed by atoms with Crippen molar-refractivity contribution in [3.63, 3.8) is 0 Å². The van der Waals surface area contributed by atoms with Gasteiger partial charge in [-0.1, -0.05) is 12.1 Å². The third-order valence-electron chi connectivity index (χ3n) is 2.90. The smallest absolute Gasteiger partial charge is 0.408 e. The predicted octanol–water partition coefficient (Wildman–Crippen LogP) is 0.921. The van der Waals surface area contributed by atoms with Crippen molar-refractivity contribution in [2.24, 2.45) is 0 Å². The molecule has 0 aliphatic heterocycles. The molecule has 0 radical (unpaired) electrons. The Labute approximate surface area is 107 Å². The highest BCUT2D eigenvalue weighted by Crippen LogP contribution is 2.11. The topological polar surface area (TPSA) is 80.9 Å².